The Morgan fingerprint density at radius 2 is 1.82 bits per heavy atom. The van der Waals surface area contributed by atoms with E-state index in [4.69, 9.17) is 5.73 Å². The highest BCUT2D eigenvalue weighted by atomic mass is 35.5. The van der Waals surface area contributed by atoms with Gasteiger partial charge in [0, 0.05) is 12.1 Å². The smallest absolute Gasteiger partial charge is 0.273 e. The molecule has 22 heavy (non-hydrogen) atoms. The maximum atomic E-state index is 12.9. The van der Waals surface area contributed by atoms with Crippen LogP contribution in [0.4, 0.5) is 14.5 Å². The van der Waals surface area contributed by atoms with Gasteiger partial charge < -0.3 is 11.1 Å². The number of sulfonamides is 1. The van der Waals surface area contributed by atoms with Crippen molar-refractivity contribution in [2.75, 3.05) is 18.4 Å². The molecule has 0 aliphatic rings. The average molecular weight is 358 g/mol. The molecule has 10 heteroatoms. The first-order valence-electron chi connectivity index (χ1n) is 6.17. The summed E-state index contributed by atoms with van der Waals surface area (Å²) >= 11 is 0. The number of carbonyl (C=O) groups is 1. The minimum Gasteiger partial charge on any atom is -0.326 e. The molecule has 0 saturated heterocycles. The molecule has 6 nitrogen and oxygen atoms in total. The van der Waals surface area contributed by atoms with Crippen LogP contribution >= 0.6 is 12.4 Å². The molecule has 1 aromatic carbocycles. The van der Waals surface area contributed by atoms with Crippen molar-refractivity contribution >= 4 is 34.0 Å². The highest BCUT2D eigenvalue weighted by Crippen LogP contribution is 2.16. The van der Waals surface area contributed by atoms with Gasteiger partial charge in [0.1, 0.15) is 0 Å². The largest absolute Gasteiger partial charge is 0.326 e. The minimum absolute atomic E-state index is 0. The van der Waals surface area contributed by atoms with Crippen LogP contribution in [0.5, 0.6) is 0 Å². The second-order valence-electron chi connectivity index (χ2n) is 4.31. The van der Waals surface area contributed by atoms with E-state index in [9.17, 15) is 22.0 Å². The fraction of sp³-hybridized carbons (Fsp3) is 0.417. The monoisotopic (exact) mass is 357 g/mol. The molecule has 0 aromatic heterocycles. The predicted molar refractivity (Wildman–Crippen MR) is 81.8 cm³/mol. The average Bonchev–Trinajstić information content (AvgIpc) is 2.46. The lowest BCUT2D eigenvalue weighted by atomic mass is 10.3. The zero-order valence-corrected chi connectivity index (χ0v) is 13.4. The summed E-state index contributed by atoms with van der Waals surface area (Å²) in [6, 6.07) is 5.19. The molecule has 0 bridgehead atoms. The summed E-state index contributed by atoms with van der Waals surface area (Å²) in [6.45, 7) is -0.340. The van der Waals surface area contributed by atoms with Gasteiger partial charge in [-0.15, -0.1) is 12.4 Å². The van der Waals surface area contributed by atoms with Crippen molar-refractivity contribution in [1.29, 1.82) is 0 Å². The summed E-state index contributed by atoms with van der Waals surface area (Å²) < 4.78 is 51.3. The fourth-order valence-corrected chi connectivity index (χ4v) is 2.39. The summed E-state index contributed by atoms with van der Waals surface area (Å²) in [5, 5.41) is 2.54. The number of benzene rings is 1. The van der Waals surface area contributed by atoms with Gasteiger partial charge in [0.25, 0.3) is 5.92 Å². The Labute approximate surface area is 133 Å². The number of rotatable bonds is 7. The predicted octanol–water partition coefficient (Wildman–Crippen LogP) is 1.33. The van der Waals surface area contributed by atoms with Crippen LogP contribution in [0.15, 0.2) is 29.2 Å². The third-order valence-electron chi connectivity index (χ3n) is 2.59. The van der Waals surface area contributed by atoms with Gasteiger partial charge in [0.15, 0.2) is 0 Å². The van der Waals surface area contributed by atoms with Crippen molar-refractivity contribution in [3.63, 3.8) is 0 Å². The molecule has 0 saturated carbocycles. The number of nitrogens with two attached hydrogens (primary N) is 1. The quantitative estimate of drug-likeness (QED) is 0.685. The number of carbonyl (C=O) groups excluding carboxylic acids is 1. The Bertz CT molecular complexity index is 594. The zero-order valence-electron chi connectivity index (χ0n) is 11.8. The van der Waals surface area contributed by atoms with Gasteiger partial charge in [-0.2, -0.15) is 0 Å². The van der Waals surface area contributed by atoms with Gasteiger partial charge in [-0.3, -0.25) is 4.79 Å². The first kappa shape index (κ1) is 20.7. The van der Waals surface area contributed by atoms with Crippen LogP contribution in [0.2, 0.25) is 0 Å². The first-order chi connectivity index (χ1) is 9.70. The maximum absolute atomic E-state index is 12.9. The molecule has 0 aliphatic heterocycles. The standard InChI is InChI=1S/C12H17F2N3O3S.ClH/c1-2-11(18)17-9-3-5-10(6-4-9)21(19,20)16-8-12(13,14)7-15;/h3-6,16H,2,7-8,15H2,1H3,(H,17,18);1H. The van der Waals surface area contributed by atoms with E-state index >= 15 is 0 Å². The van der Waals surface area contributed by atoms with E-state index in [1.807, 2.05) is 0 Å². The Morgan fingerprint density at radius 1 is 1.27 bits per heavy atom. The molecule has 1 aromatic rings. The van der Waals surface area contributed by atoms with E-state index in [1.165, 1.54) is 24.3 Å². The number of nitrogens with one attached hydrogen (secondary N) is 2. The molecule has 0 fully saturated rings. The summed E-state index contributed by atoms with van der Waals surface area (Å²) in [5.41, 5.74) is 5.25. The third kappa shape index (κ3) is 6.22. The minimum atomic E-state index is -4.05. The van der Waals surface area contributed by atoms with E-state index in [2.05, 4.69) is 5.32 Å². The summed E-state index contributed by atoms with van der Waals surface area (Å²) in [5.74, 6) is -3.52. The van der Waals surface area contributed by atoms with Crippen molar-refractivity contribution in [3.8, 4) is 0 Å². The van der Waals surface area contributed by atoms with E-state index in [-0.39, 0.29) is 29.6 Å². The van der Waals surface area contributed by atoms with Crippen LogP contribution in [0, 0.1) is 0 Å². The van der Waals surface area contributed by atoms with Crippen molar-refractivity contribution < 1.29 is 22.0 Å². The number of amides is 1. The molecule has 1 amide bonds. The first-order valence-corrected chi connectivity index (χ1v) is 7.66. The van der Waals surface area contributed by atoms with Crippen LogP contribution in [0.3, 0.4) is 0 Å². The molecule has 0 heterocycles. The normalized spacial score (nSPS) is 11.6. The van der Waals surface area contributed by atoms with Gasteiger partial charge in [-0.05, 0) is 24.3 Å². The SMILES string of the molecule is CCC(=O)Nc1ccc(S(=O)(=O)NCC(F)(F)CN)cc1.Cl. The molecule has 4 N–H and O–H groups in total. The summed E-state index contributed by atoms with van der Waals surface area (Å²) in [7, 11) is -4.05. The molecular formula is C12H18ClF2N3O3S. The summed E-state index contributed by atoms with van der Waals surface area (Å²) in [6.07, 6.45) is 0.287. The lowest BCUT2D eigenvalue weighted by Crippen LogP contribution is -2.41. The van der Waals surface area contributed by atoms with Crippen molar-refractivity contribution in [2.24, 2.45) is 5.73 Å². The number of hydrogen-bond acceptors (Lipinski definition) is 4. The van der Waals surface area contributed by atoms with Crippen LogP contribution in [-0.2, 0) is 14.8 Å². The number of hydrogen-bond donors (Lipinski definition) is 3. The Hall–Kier alpha value is -1.29. The Balaban J connectivity index is 0.00000441. The highest BCUT2D eigenvalue weighted by Gasteiger charge is 2.29. The molecular weight excluding hydrogens is 340 g/mol. The van der Waals surface area contributed by atoms with Crippen LogP contribution in [0.1, 0.15) is 13.3 Å². The second-order valence-corrected chi connectivity index (χ2v) is 6.08. The van der Waals surface area contributed by atoms with E-state index in [1.54, 1.807) is 11.6 Å². The van der Waals surface area contributed by atoms with E-state index in [0.717, 1.165) is 0 Å². The summed E-state index contributed by atoms with van der Waals surface area (Å²) in [4.78, 5) is 11.0. The molecule has 0 radical (unpaired) electrons. The van der Waals surface area contributed by atoms with E-state index in [0.29, 0.717) is 5.69 Å². The van der Waals surface area contributed by atoms with Gasteiger partial charge in [-0.1, -0.05) is 6.92 Å². The van der Waals surface area contributed by atoms with Crippen LogP contribution in [-0.4, -0.2) is 33.3 Å². The highest BCUT2D eigenvalue weighted by molar-refractivity contribution is 7.89. The van der Waals surface area contributed by atoms with Crippen molar-refractivity contribution in [1.82, 2.24) is 4.72 Å². The van der Waals surface area contributed by atoms with Gasteiger partial charge >= 0.3 is 0 Å². The van der Waals surface area contributed by atoms with Gasteiger partial charge in [0.05, 0.1) is 18.0 Å². The zero-order chi connectivity index (χ0) is 16.1. The number of anilines is 1. The van der Waals surface area contributed by atoms with Crippen molar-refractivity contribution in [3.05, 3.63) is 24.3 Å². The Morgan fingerprint density at radius 3 is 2.27 bits per heavy atom. The molecule has 0 spiro atoms. The second kappa shape index (κ2) is 8.37. The van der Waals surface area contributed by atoms with Gasteiger partial charge in [0.2, 0.25) is 15.9 Å². The van der Waals surface area contributed by atoms with Crippen molar-refractivity contribution in [2.45, 2.75) is 24.2 Å². The lowest BCUT2D eigenvalue weighted by molar-refractivity contribution is -0.115. The molecule has 0 unspecified atom stereocenters. The maximum Gasteiger partial charge on any atom is 0.273 e. The Kier molecular flexibility index (Phi) is 7.88. The fourth-order valence-electron chi connectivity index (χ4n) is 1.32. The lowest BCUT2D eigenvalue weighted by Gasteiger charge is -2.15. The number of halogens is 3. The third-order valence-corrected chi connectivity index (χ3v) is 4.01. The molecule has 1 rings (SSSR count). The molecule has 126 valence electrons. The molecule has 0 atom stereocenters. The van der Waals surface area contributed by atoms with E-state index < -0.39 is 29.0 Å². The molecule has 0 aliphatic carbocycles. The topological polar surface area (TPSA) is 101 Å². The van der Waals surface area contributed by atoms with Crippen LogP contribution in [0.25, 0.3) is 0 Å². The van der Waals surface area contributed by atoms with Crippen LogP contribution < -0.4 is 15.8 Å². The number of alkyl halides is 2. The van der Waals surface area contributed by atoms with Gasteiger partial charge in [-0.25, -0.2) is 21.9 Å².